The summed E-state index contributed by atoms with van der Waals surface area (Å²) in [5, 5.41) is 0. The highest BCUT2D eigenvalue weighted by Crippen LogP contribution is 2.34. The highest BCUT2D eigenvalue weighted by Gasteiger charge is 2.19. The number of unbranched alkanes of at least 4 members (excludes halogenated alkanes) is 1. The van der Waals surface area contributed by atoms with Crippen LogP contribution in [0.15, 0.2) is 23.1 Å². The van der Waals surface area contributed by atoms with Crippen LogP contribution in [0.2, 0.25) is 0 Å². The smallest absolute Gasteiger partial charge is 0.231 e. The molecule has 2 rings (SSSR count). The van der Waals surface area contributed by atoms with Gasteiger partial charge in [-0.05, 0) is 18.6 Å². The van der Waals surface area contributed by atoms with Gasteiger partial charge in [-0.2, -0.15) is 0 Å². The molecule has 1 aliphatic heterocycles. The van der Waals surface area contributed by atoms with Crippen molar-refractivity contribution in [2.75, 3.05) is 12.5 Å². The zero-order chi connectivity index (χ0) is 11.6. The Labute approximate surface area is 95.1 Å². The van der Waals surface area contributed by atoms with Crippen molar-refractivity contribution in [3.63, 3.8) is 0 Å². The molecule has 0 amide bonds. The molecular formula is C11H14O4S. The molecule has 4 nitrogen and oxygen atoms in total. The van der Waals surface area contributed by atoms with E-state index in [1.54, 1.807) is 12.1 Å². The van der Waals surface area contributed by atoms with E-state index in [4.69, 9.17) is 9.47 Å². The van der Waals surface area contributed by atoms with Crippen LogP contribution in [-0.4, -0.2) is 21.0 Å². The molecule has 0 saturated heterocycles. The first-order chi connectivity index (χ1) is 7.63. The van der Waals surface area contributed by atoms with Crippen molar-refractivity contribution in [2.24, 2.45) is 0 Å². The largest absolute Gasteiger partial charge is 0.454 e. The molecule has 0 N–H and O–H groups in total. The van der Waals surface area contributed by atoms with Gasteiger partial charge in [0.1, 0.15) is 0 Å². The van der Waals surface area contributed by atoms with Gasteiger partial charge in [0.2, 0.25) is 6.79 Å². The molecule has 5 heteroatoms. The Hall–Kier alpha value is -1.23. The van der Waals surface area contributed by atoms with Crippen molar-refractivity contribution < 1.29 is 17.9 Å². The molecule has 0 aromatic heterocycles. The zero-order valence-corrected chi connectivity index (χ0v) is 9.92. The van der Waals surface area contributed by atoms with Crippen molar-refractivity contribution in [2.45, 2.75) is 24.7 Å². The molecule has 1 aromatic carbocycles. The Kier molecular flexibility index (Phi) is 3.05. The molecule has 0 radical (unpaired) electrons. The van der Waals surface area contributed by atoms with Gasteiger partial charge in [0.15, 0.2) is 21.3 Å². The highest BCUT2D eigenvalue weighted by atomic mass is 32.2. The van der Waals surface area contributed by atoms with Crippen LogP contribution in [0.4, 0.5) is 0 Å². The summed E-state index contributed by atoms with van der Waals surface area (Å²) in [4.78, 5) is 0.310. The monoisotopic (exact) mass is 242 g/mol. The molecule has 0 saturated carbocycles. The van der Waals surface area contributed by atoms with Crippen LogP contribution in [0.1, 0.15) is 19.8 Å². The fourth-order valence-corrected chi connectivity index (χ4v) is 2.99. The Bertz CT molecular complexity index is 479. The first-order valence-corrected chi connectivity index (χ1v) is 6.91. The van der Waals surface area contributed by atoms with E-state index in [-0.39, 0.29) is 12.5 Å². The van der Waals surface area contributed by atoms with Gasteiger partial charge >= 0.3 is 0 Å². The van der Waals surface area contributed by atoms with Crippen molar-refractivity contribution in [1.29, 1.82) is 0 Å². The zero-order valence-electron chi connectivity index (χ0n) is 9.10. The van der Waals surface area contributed by atoms with Crippen molar-refractivity contribution >= 4 is 9.84 Å². The van der Waals surface area contributed by atoms with Gasteiger partial charge in [-0.1, -0.05) is 13.3 Å². The lowest BCUT2D eigenvalue weighted by molar-refractivity contribution is 0.174. The van der Waals surface area contributed by atoms with E-state index in [2.05, 4.69) is 0 Å². The summed E-state index contributed by atoms with van der Waals surface area (Å²) >= 11 is 0. The van der Waals surface area contributed by atoms with Crippen LogP contribution in [0.3, 0.4) is 0 Å². The summed E-state index contributed by atoms with van der Waals surface area (Å²) in [5.41, 5.74) is 0. The molecule has 0 atom stereocenters. The molecular weight excluding hydrogens is 228 g/mol. The van der Waals surface area contributed by atoms with E-state index in [9.17, 15) is 8.42 Å². The first-order valence-electron chi connectivity index (χ1n) is 5.26. The second-order valence-corrected chi connectivity index (χ2v) is 5.80. The minimum absolute atomic E-state index is 0.161. The molecule has 1 aliphatic rings. The van der Waals surface area contributed by atoms with Gasteiger partial charge in [-0.3, -0.25) is 0 Å². The maximum absolute atomic E-state index is 11.9. The van der Waals surface area contributed by atoms with Gasteiger partial charge in [0, 0.05) is 6.07 Å². The van der Waals surface area contributed by atoms with Gasteiger partial charge < -0.3 is 9.47 Å². The minimum Gasteiger partial charge on any atom is -0.454 e. The summed E-state index contributed by atoms with van der Waals surface area (Å²) in [6.07, 6.45) is 1.54. The standard InChI is InChI=1S/C11H14O4S/c1-2-3-6-16(12,13)9-4-5-10-11(7-9)15-8-14-10/h4-5,7H,2-3,6,8H2,1H3. The van der Waals surface area contributed by atoms with Crippen LogP contribution >= 0.6 is 0 Å². The lowest BCUT2D eigenvalue weighted by Gasteiger charge is -2.04. The average Bonchev–Trinajstić information content (AvgIpc) is 2.73. The van der Waals surface area contributed by atoms with Crippen molar-refractivity contribution in [3.8, 4) is 11.5 Å². The molecule has 1 aromatic rings. The molecule has 0 fully saturated rings. The summed E-state index contributed by atoms with van der Waals surface area (Å²) in [6.45, 7) is 2.13. The summed E-state index contributed by atoms with van der Waals surface area (Å²) in [5.74, 6) is 1.30. The van der Waals surface area contributed by atoms with Gasteiger partial charge in [-0.25, -0.2) is 8.42 Å². The van der Waals surface area contributed by atoms with E-state index in [1.165, 1.54) is 6.07 Å². The molecule has 0 spiro atoms. The van der Waals surface area contributed by atoms with Crippen LogP contribution in [-0.2, 0) is 9.84 Å². The lowest BCUT2D eigenvalue weighted by Crippen LogP contribution is -2.06. The number of hydrogen-bond donors (Lipinski definition) is 0. The molecule has 0 bridgehead atoms. The van der Waals surface area contributed by atoms with Gasteiger partial charge in [-0.15, -0.1) is 0 Å². The Morgan fingerprint density at radius 3 is 2.75 bits per heavy atom. The summed E-state index contributed by atoms with van der Waals surface area (Å²) in [7, 11) is -3.18. The first kappa shape index (κ1) is 11.3. The average molecular weight is 242 g/mol. The molecule has 88 valence electrons. The SMILES string of the molecule is CCCCS(=O)(=O)c1ccc2c(c1)OCO2. The normalized spacial score (nSPS) is 14.1. The van der Waals surface area contributed by atoms with Crippen LogP contribution in [0, 0.1) is 0 Å². The number of benzene rings is 1. The van der Waals surface area contributed by atoms with Crippen molar-refractivity contribution in [3.05, 3.63) is 18.2 Å². The molecule has 1 heterocycles. The van der Waals surface area contributed by atoms with Crippen LogP contribution in [0.5, 0.6) is 11.5 Å². The quantitative estimate of drug-likeness (QED) is 0.810. The second-order valence-electron chi connectivity index (χ2n) is 3.69. The minimum atomic E-state index is -3.18. The number of ether oxygens (including phenoxy) is 2. The number of rotatable bonds is 4. The van der Waals surface area contributed by atoms with E-state index < -0.39 is 9.84 Å². The van der Waals surface area contributed by atoms with E-state index in [1.807, 2.05) is 6.92 Å². The van der Waals surface area contributed by atoms with Crippen LogP contribution in [0.25, 0.3) is 0 Å². The third-order valence-corrected chi connectivity index (χ3v) is 4.27. The number of fused-ring (bicyclic) bond motifs is 1. The predicted molar refractivity (Wildman–Crippen MR) is 59.5 cm³/mol. The Morgan fingerprint density at radius 2 is 2.00 bits per heavy atom. The maximum Gasteiger partial charge on any atom is 0.231 e. The Morgan fingerprint density at radius 1 is 1.25 bits per heavy atom. The van der Waals surface area contributed by atoms with Crippen molar-refractivity contribution in [1.82, 2.24) is 0 Å². The summed E-state index contributed by atoms with van der Waals surface area (Å²) < 4.78 is 34.1. The molecule has 16 heavy (non-hydrogen) atoms. The predicted octanol–water partition coefficient (Wildman–Crippen LogP) is 1.99. The number of hydrogen-bond acceptors (Lipinski definition) is 4. The fourth-order valence-electron chi connectivity index (χ4n) is 1.52. The van der Waals surface area contributed by atoms with Gasteiger partial charge in [0.25, 0.3) is 0 Å². The van der Waals surface area contributed by atoms with E-state index in [0.29, 0.717) is 22.8 Å². The number of sulfone groups is 1. The van der Waals surface area contributed by atoms with Crippen LogP contribution < -0.4 is 9.47 Å². The van der Waals surface area contributed by atoms with Gasteiger partial charge in [0.05, 0.1) is 10.6 Å². The van der Waals surface area contributed by atoms with E-state index in [0.717, 1.165) is 6.42 Å². The second kappa shape index (κ2) is 4.33. The lowest BCUT2D eigenvalue weighted by atomic mass is 10.3. The Balaban J connectivity index is 2.27. The topological polar surface area (TPSA) is 52.6 Å². The molecule has 0 aliphatic carbocycles. The van der Waals surface area contributed by atoms with E-state index >= 15 is 0 Å². The summed E-state index contributed by atoms with van der Waals surface area (Å²) in [6, 6.07) is 4.74. The maximum atomic E-state index is 11.9. The fraction of sp³-hybridized carbons (Fsp3) is 0.455. The highest BCUT2D eigenvalue weighted by molar-refractivity contribution is 7.91. The molecule has 0 unspecified atom stereocenters. The third kappa shape index (κ3) is 2.14. The third-order valence-electron chi connectivity index (χ3n) is 2.47.